The van der Waals surface area contributed by atoms with Crippen LogP contribution in [0.2, 0.25) is 0 Å². The molecule has 0 spiro atoms. The summed E-state index contributed by atoms with van der Waals surface area (Å²) in [6.45, 7) is 6.45. The van der Waals surface area contributed by atoms with Crippen molar-refractivity contribution >= 4 is 16.2 Å². The molecule has 0 aliphatic carbocycles. The Morgan fingerprint density at radius 2 is 2.00 bits per heavy atom. The van der Waals surface area contributed by atoms with Crippen LogP contribution >= 0.6 is 0 Å². The lowest BCUT2D eigenvalue weighted by molar-refractivity contribution is 0.0157. The molecular formula is C12H23NO5S. The van der Waals surface area contributed by atoms with Crippen molar-refractivity contribution in [1.29, 1.82) is 0 Å². The van der Waals surface area contributed by atoms with Crippen LogP contribution in [0.3, 0.4) is 0 Å². The topological polar surface area (TPSA) is 83.9 Å². The maximum atomic E-state index is 11.4. The maximum Gasteiger partial charge on any atom is 0.407 e. The minimum atomic E-state index is -3.49. The van der Waals surface area contributed by atoms with E-state index in [2.05, 4.69) is 0 Å². The van der Waals surface area contributed by atoms with Gasteiger partial charge in [0.2, 0.25) is 0 Å². The van der Waals surface area contributed by atoms with Gasteiger partial charge in [0, 0.05) is 6.54 Å². The third-order valence-electron chi connectivity index (χ3n) is 3.93. The van der Waals surface area contributed by atoms with Gasteiger partial charge in [0.05, 0.1) is 18.4 Å². The Hall–Kier alpha value is -0.820. The molecule has 1 rings (SSSR count). The minimum Gasteiger partial charge on any atom is -0.465 e. The first-order valence-electron chi connectivity index (χ1n) is 6.35. The SMILES string of the molecule is CC(C)(C)[C@@]1(CCOS(C)(=O)=O)CCCN1C(=O)O. The molecule has 1 N–H and O–H groups in total. The van der Waals surface area contributed by atoms with Crippen molar-refractivity contribution in [1.82, 2.24) is 4.90 Å². The van der Waals surface area contributed by atoms with Crippen LogP contribution in [0.5, 0.6) is 0 Å². The number of likely N-dealkylation sites (tertiary alicyclic amines) is 1. The van der Waals surface area contributed by atoms with E-state index in [1.165, 1.54) is 4.90 Å². The number of carboxylic acid groups (broad SMARTS) is 1. The van der Waals surface area contributed by atoms with Crippen LogP contribution in [0, 0.1) is 5.41 Å². The van der Waals surface area contributed by atoms with Crippen molar-refractivity contribution < 1.29 is 22.5 Å². The molecule has 0 unspecified atom stereocenters. The molecule has 1 fully saturated rings. The Kier molecular flexibility index (Phi) is 4.51. The van der Waals surface area contributed by atoms with Crippen LogP contribution < -0.4 is 0 Å². The van der Waals surface area contributed by atoms with Crippen LogP contribution in [0.15, 0.2) is 0 Å². The minimum absolute atomic E-state index is 0.0138. The fourth-order valence-corrected chi connectivity index (χ4v) is 3.32. The number of nitrogens with zero attached hydrogens (tertiary/aromatic N) is 1. The summed E-state index contributed by atoms with van der Waals surface area (Å²) in [4.78, 5) is 12.8. The molecule has 0 saturated carbocycles. The summed E-state index contributed by atoms with van der Waals surface area (Å²) >= 11 is 0. The molecule has 1 heterocycles. The van der Waals surface area contributed by atoms with E-state index >= 15 is 0 Å². The van der Waals surface area contributed by atoms with Crippen molar-refractivity contribution in [3.05, 3.63) is 0 Å². The average Bonchev–Trinajstić information content (AvgIpc) is 2.59. The largest absolute Gasteiger partial charge is 0.465 e. The number of rotatable bonds is 4. The van der Waals surface area contributed by atoms with Crippen molar-refractivity contribution in [2.75, 3.05) is 19.4 Å². The predicted octanol–water partition coefficient (Wildman–Crippen LogP) is 1.91. The first kappa shape index (κ1) is 16.2. The molecule has 6 nitrogen and oxygen atoms in total. The van der Waals surface area contributed by atoms with Crippen molar-refractivity contribution in [2.45, 2.75) is 45.6 Å². The zero-order chi connectivity index (χ0) is 14.9. The standard InChI is InChI=1S/C12H23NO5S/c1-11(2,3)12(7-9-18-19(4,16)17)6-5-8-13(12)10(14)15/h5-9H2,1-4H3,(H,14,15)/t12-/m0/s1. The van der Waals surface area contributed by atoms with Gasteiger partial charge in [-0.3, -0.25) is 4.18 Å². The monoisotopic (exact) mass is 293 g/mol. The summed E-state index contributed by atoms with van der Waals surface area (Å²) in [6.07, 6.45) is 1.96. The summed E-state index contributed by atoms with van der Waals surface area (Å²) in [5.41, 5.74) is -0.841. The van der Waals surface area contributed by atoms with E-state index in [9.17, 15) is 18.3 Å². The Balaban J connectivity index is 2.92. The molecule has 0 radical (unpaired) electrons. The van der Waals surface area contributed by atoms with Gasteiger partial charge in [0.25, 0.3) is 10.1 Å². The van der Waals surface area contributed by atoms with Gasteiger partial charge in [-0.15, -0.1) is 0 Å². The number of carbonyl (C=O) groups is 1. The molecule has 1 aliphatic heterocycles. The number of hydrogen-bond donors (Lipinski definition) is 1. The fraction of sp³-hybridized carbons (Fsp3) is 0.917. The van der Waals surface area contributed by atoms with Crippen molar-refractivity contribution in [2.24, 2.45) is 5.41 Å². The van der Waals surface area contributed by atoms with Gasteiger partial charge in [0.15, 0.2) is 0 Å². The first-order valence-corrected chi connectivity index (χ1v) is 8.16. The smallest absolute Gasteiger partial charge is 0.407 e. The van der Waals surface area contributed by atoms with Crippen molar-refractivity contribution in [3.8, 4) is 0 Å². The predicted molar refractivity (Wildman–Crippen MR) is 71.6 cm³/mol. The van der Waals surface area contributed by atoms with Crippen LogP contribution in [0.1, 0.15) is 40.0 Å². The molecule has 19 heavy (non-hydrogen) atoms. The molecule has 112 valence electrons. The highest BCUT2D eigenvalue weighted by molar-refractivity contribution is 7.85. The summed E-state index contributed by atoms with van der Waals surface area (Å²) in [5.74, 6) is 0. The lowest BCUT2D eigenvalue weighted by Crippen LogP contribution is -2.55. The van der Waals surface area contributed by atoms with Gasteiger partial charge >= 0.3 is 6.09 Å². The summed E-state index contributed by atoms with van der Waals surface area (Å²) in [7, 11) is -3.49. The van der Waals surface area contributed by atoms with Gasteiger partial charge in [-0.25, -0.2) is 4.79 Å². The third-order valence-corrected chi connectivity index (χ3v) is 4.52. The second-order valence-corrected chi connectivity index (χ2v) is 7.74. The Morgan fingerprint density at radius 3 is 2.42 bits per heavy atom. The van der Waals surface area contributed by atoms with Gasteiger partial charge in [-0.1, -0.05) is 20.8 Å². The van der Waals surface area contributed by atoms with Crippen LogP contribution in [-0.2, 0) is 14.3 Å². The van der Waals surface area contributed by atoms with E-state index in [1.54, 1.807) is 0 Å². The number of hydrogen-bond acceptors (Lipinski definition) is 4. The Labute approximate surface area is 114 Å². The first-order chi connectivity index (χ1) is 8.50. The zero-order valence-electron chi connectivity index (χ0n) is 12.0. The number of amides is 1. The molecule has 1 saturated heterocycles. The molecule has 0 aromatic carbocycles. The Bertz CT molecular complexity index is 440. The molecule has 0 aromatic heterocycles. The van der Waals surface area contributed by atoms with E-state index < -0.39 is 21.8 Å². The molecule has 7 heteroatoms. The van der Waals surface area contributed by atoms with Crippen molar-refractivity contribution in [3.63, 3.8) is 0 Å². The van der Waals surface area contributed by atoms with Gasteiger partial charge in [-0.2, -0.15) is 8.42 Å². The second-order valence-electron chi connectivity index (χ2n) is 6.10. The fourth-order valence-electron chi connectivity index (χ4n) is 2.93. The van der Waals surface area contributed by atoms with E-state index in [0.29, 0.717) is 13.0 Å². The normalized spacial score (nSPS) is 24.7. The van der Waals surface area contributed by atoms with E-state index in [1.807, 2.05) is 20.8 Å². The van der Waals surface area contributed by atoms with Crippen LogP contribution in [-0.4, -0.2) is 49.5 Å². The lowest BCUT2D eigenvalue weighted by Gasteiger charge is -2.47. The van der Waals surface area contributed by atoms with Crippen LogP contribution in [0.25, 0.3) is 0 Å². The molecule has 0 bridgehead atoms. The average molecular weight is 293 g/mol. The summed E-state index contributed by atoms with van der Waals surface area (Å²) in [5, 5.41) is 9.34. The summed E-state index contributed by atoms with van der Waals surface area (Å²) in [6, 6.07) is 0. The quantitative estimate of drug-likeness (QED) is 0.800. The highest BCUT2D eigenvalue weighted by Gasteiger charge is 2.51. The van der Waals surface area contributed by atoms with Gasteiger partial charge in [-0.05, 0) is 24.7 Å². The van der Waals surface area contributed by atoms with E-state index in [4.69, 9.17) is 4.18 Å². The molecular weight excluding hydrogens is 270 g/mol. The lowest BCUT2D eigenvalue weighted by atomic mass is 9.70. The molecule has 0 aromatic rings. The molecule has 1 atom stereocenters. The van der Waals surface area contributed by atoms with E-state index in [-0.39, 0.29) is 12.0 Å². The molecule has 1 aliphatic rings. The second kappa shape index (κ2) is 5.28. The Morgan fingerprint density at radius 1 is 1.42 bits per heavy atom. The summed E-state index contributed by atoms with van der Waals surface area (Å²) < 4.78 is 26.8. The highest BCUT2D eigenvalue weighted by Crippen LogP contribution is 2.46. The van der Waals surface area contributed by atoms with E-state index in [0.717, 1.165) is 19.1 Å². The zero-order valence-corrected chi connectivity index (χ0v) is 12.8. The van der Waals surface area contributed by atoms with Gasteiger partial charge < -0.3 is 10.0 Å². The molecule has 1 amide bonds. The van der Waals surface area contributed by atoms with Gasteiger partial charge in [0.1, 0.15) is 0 Å². The van der Waals surface area contributed by atoms with Crippen LogP contribution in [0.4, 0.5) is 4.79 Å². The maximum absolute atomic E-state index is 11.4. The highest BCUT2D eigenvalue weighted by atomic mass is 32.2. The third kappa shape index (κ3) is 3.60.